The first-order valence-corrected chi connectivity index (χ1v) is 18.0. The van der Waals surface area contributed by atoms with Crippen LogP contribution >= 0.6 is 11.3 Å². The molecule has 5 heterocycles. The van der Waals surface area contributed by atoms with Crippen molar-refractivity contribution >= 4 is 29.0 Å². The van der Waals surface area contributed by atoms with E-state index in [-0.39, 0.29) is 36.7 Å². The SMILES string of the molecule is Cc1ncsc1-c1ccc([C@H](C)NC(=O)[C@@H]2C[C@@H](O)CN2C(=O)C(c2cc(N3CCN(CC4CCNCC4)CC3)no2)C(C)C)cc1. The van der Waals surface area contributed by atoms with Crippen LogP contribution in [0.3, 0.4) is 0 Å². The number of likely N-dealkylation sites (tertiary alicyclic amines) is 1. The number of aliphatic hydroxyl groups is 1. The van der Waals surface area contributed by atoms with E-state index in [0.29, 0.717) is 5.76 Å². The highest BCUT2D eigenvalue weighted by molar-refractivity contribution is 7.13. The number of carbonyl (C=O) groups excluding carboxylic acids is 2. The smallest absolute Gasteiger partial charge is 0.243 e. The number of aryl methyl sites for hydroxylation is 1. The fraction of sp³-hybridized carbons (Fsp3) is 0.600. The lowest BCUT2D eigenvalue weighted by Gasteiger charge is -2.37. The zero-order valence-electron chi connectivity index (χ0n) is 28.0. The Balaban J connectivity index is 1.08. The fourth-order valence-corrected chi connectivity index (χ4v) is 8.09. The minimum absolute atomic E-state index is 0.0915. The maximum atomic E-state index is 14.1. The molecule has 1 unspecified atom stereocenters. The summed E-state index contributed by atoms with van der Waals surface area (Å²) in [4.78, 5) is 39.5. The van der Waals surface area contributed by atoms with Crippen molar-refractivity contribution in [1.82, 2.24) is 30.6 Å². The number of hydrogen-bond acceptors (Lipinski definition) is 10. The van der Waals surface area contributed by atoms with Gasteiger partial charge in [0.05, 0.1) is 28.2 Å². The van der Waals surface area contributed by atoms with Gasteiger partial charge in [0.2, 0.25) is 11.8 Å². The monoisotopic (exact) mass is 663 g/mol. The number of β-amino-alcohol motifs (C(OH)–C–C–N with tert-alkyl or cyclic N) is 1. The Kier molecular flexibility index (Phi) is 10.6. The Hall–Kier alpha value is -3.32. The molecule has 3 N–H and O–H groups in total. The molecule has 4 atom stereocenters. The van der Waals surface area contributed by atoms with E-state index in [1.54, 1.807) is 11.3 Å². The molecule has 11 nitrogen and oxygen atoms in total. The Morgan fingerprint density at radius 3 is 2.49 bits per heavy atom. The summed E-state index contributed by atoms with van der Waals surface area (Å²) in [6.45, 7) is 15.1. The van der Waals surface area contributed by atoms with Gasteiger partial charge in [-0.25, -0.2) is 4.98 Å². The number of amides is 2. The number of anilines is 1. The van der Waals surface area contributed by atoms with Crippen LogP contribution in [-0.4, -0.2) is 101 Å². The third-order valence-electron chi connectivity index (χ3n) is 10.1. The largest absolute Gasteiger partial charge is 0.391 e. The first-order chi connectivity index (χ1) is 22.7. The van der Waals surface area contributed by atoms with Crippen LogP contribution in [0.15, 0.2) is 40.4 Å². The third kappa shape index (κ3) is 7.72. The molecule has 3 aliphatic rings. The van der Waals surface area contributed by atoms with Crippen molar-refractivity contribution in [2.75, 3.05) is 57.3 Å². The van der Waals surface area contributed by atoms with E-state index in [0.717, 1.165) is 79.2 Å². The van der Waals surface area contributed by atoms with Crippen molar-refractivity contribution in [2.45, 2.75) is 71.1 Å². The van der Waals surface area contributed by atoms with Gasteiger partial charge in [-0.1, -0.05) is 43.3 Å². The van der Waals surface area contributed by atoms with Crippen LogP contribution in [0.1, 0.15) is 69.0 Å². The summed E-state index contributed by atoms with van der Waals surface area (Å²) in [6, 6.07) is 8.96. The number of benzene rings is 1. The van der Waals surface area contributed by atoms with Crippen LogP contribution in [0.5, 0.6) is 0 Å². The molecular formula is C35H49N7O4S. The molecule has 3 aliphatic heterocycles. The molecule has 2 amide bonds. The molecule has 47 heavy (non-hydrogen) atoms. The number of hydrogen-bond donors (Lipinski definition) is 3. The van der Waals surface area contributed by atoms with Gasteiger partial charge in [-0.15, -0.1) is 11.3 Å². The van der Waals surface area contributed by atoms with Crippen LogP contribution in [0, 0.1) is 18.8 Å². The van der Waals surface area contributed by atoms with Crippen LogP contribution in [0.2, 0.25) is 0 Å². The van der Waals surface area contributed by atoms with Gasteiger partial charge in [0.25, 0.3) is 0 Å². The number of piperidine rings is 1. The Bertz CT molecular complexity index is 1490. The highest BCUT2D eigenvalue weighted by atomic mass is 32.1. The van der Waals surface area contributed by atoms with Gasteiger partial charge in [0, 0.05) is 51.8 Å². The first-order valence-electron chi connectivity index (χ1n) is 17.1. The lowest BCUT2D eigenvalue weighted by atomic mass is 9.91. The highest BCUT2D eigenvalue weighted by Gasteiger charge is 2.43. The second-order valence-corrected chi connectivity index (χ2v) is 14.7. The van der Waals surface area contributed by atoms with E-state index in [1.807, 2.05) is 63.5 Å². The molecule has 0 bridgehead atoms. The summed E-state index contributed by atoms with van der Waals surface area (Å²) in [5.74, 6) is 0.826. The van der Waals surface area contributed by atoms with Crippen molar-refractivity contribution < 1.29 is 19.2 Å². The number of thiazole rings is 1. The lowest BCUT2D eigenvalue weighted by Crippen LogP contribution is -2.49. The molecular weight excluding hydrogens is 614 g/mol. The molecule has 3 fully saturated rings. The molecule has 3 aromatic rings. The van der Waals surface area contributed by atoms with Crippen molar-refractivity contribution in [3.63, 3.8) is 0 Å². The van der Waals surface area contributed by atoms with Crippen molar-refractivity contribution in [3.8, 4) is 10.4 Å². The van der Waals surface area contributed by atoms with Gasteiger partial charge in [-0.2, -0.15) is 0 Å². The van der Waals surface area contributed by atoms with E-state index in [2.05, 4.69) is 30.6 Å². The summed E-state index contributed by atoms with van der Waals surface area (Å²) in [5, 5.41) is 21.5. The lowest BCUT2D eigenvalue weighted by molar-refractivity contribution is -0.141. The van der Waals surface area contributed by atoms with Crippen molar-refractivity contribution in [1.29, 1.82) is 0 Å². The molecule has 0 spiro atoms. The van der Waals surface area contributed by atoms with E-state index in [1.165, 1.54) is 17.7 Å². The molecule has 2 aromatic heterocycles. The summed E-state index contributed by atoms with van der Waals surface area (Å²) >= 11 is 1.61. The second kappa shape index (κ2) is 14.8. The minimum atomic E-state index is -0.772. The standard InChI is InChI=1S/C35H49N7O4S/c1-22(2)32(30-18-31(39-46-30)41-15-13-40(14-16-41)19-25-9-11-36-12-10-25)35(45)42-20-28(43)17-29(42)34(44)38-23(3)26-5-7-27(8-6-26)33-24(4)37-21-47-33/h5-8,18,21-23,25,28-29,32,36,43H,9-17,19-20H2,1-4H3,(H,38,44)/t23-,28+,29-,32?/m0/s1. The van der Waals surface area contributed by atoms with Gasteiger partial charge in [0.15, 0.2) is 11.6 Å². The van der Waals surface area contributed by atoms with E-state index in [9.17, 15) is 14.7 Å². The molecule has 1 aromatic carbocycles. The number of carbonyl (C=O) groups is 2. The first kappa shape index (κ1) is 33.6. The number of aliphatic hydroxyl groups excluding tert-OH is 1. The maximum Gasteiger partial charge on any atom is 0.243 e. The normalized spacial score (nSPS) is 22.5. The molecule has 0 radical (unpaired) electrons. The number of nitrogens with zero attached hydrogens (tertiary/aromatic N) is 5. The molecule has 254 valence electrons. The molecule has 3 saturated heterocycles. The average molecular weight is 664 g/mol. The van der Waals surface area contributed by atoms with Crippen LogP contribution < -0.4 is 15.5 Å². The van der Waals surface area contributed by atoms with Crippen molar-refractivity contribution in [3.05, 3.63) is 52.9 Å². The average Bonchev–Trinajstić information content (AvgIpc) is 3.82. The Labute approximate surface area is 281 Å². The Morgan fingerprint density at radius 2 is 1.83 bits per heavy atom. The molecule has 12 heteroatoms. The zero-order chi connectivity index (χ0) is 33.1. The fourth-order valence-electron chi connectivity index (χ4n) is 7.28. The Morgan fingerprint density at radius 1 is 1.11 bits per heavy atom. The number of aromatic nitrogens is 2. The summed E-state index contributed by atoms with van der Waals surface area (Å²) in [7, 11) is 0. The number of nitrogens with one attached hydrogen (secondary N) is 2. The predicted octanol–water partition coefficient (Wildman–Crippen LogP) is 3.81. The molecule has 6 rings (SSSR count). The van der Waals surface area contributed by atoms with Gasteiger partial charge in [-0.05, 0) is 62.7 Å². The van der Waals surface area contributed by atoms with Crippen LogP contribution in [0.25, 0.3) is 10.4 Å². The van der Waals surface area contributed by atoms with Crippen molar-refractivity contribution in [2.24, 2.45) is 11.8 Å². The summed E-state index contributed by atoms with van der Waals surface area (Å²) in [6.07, 6.45) is 1.91. The zero-order valence-corrected chi connectivity index (χ0v) is 28.8. The summed E-state index contributed by atoms with van der Waals surface area (Å²) in [5.41, 5.74) is 4.89. The topological polar surface area (TPSA) is 127 Å². The molecule has 0 aliphatic carbocycles. The minimum Gasteiger partial charge on any atom is -0.391 e. The van der Waals surface area contributed by atoms with Gasteiger partial charge < -0.3 is 30.1 Å². The van der Waals surface area contributed by atoms with Crippen LogP contribution in [-0.2, 0) is 9.59 Å². The molecule has 0 saturated carbocycles. The number of piperazine rings is 1. The van der Waals surface area contributed by atoms with E-state index in [4.69, 9.17) is 4.52 Å². The second-order valence-electron chi connectivity index (χ2n) is 13.8. The maximum absolute atomic E-state index is 14.1. The van der Waals surface area contributed by atoms with Gasteiger partial charge in [-0.3, -0.25) is 14.5 Å². The van der Waals surface area contributed by atoms with Crippen LogP contribution in [0.4, 0.5) is 5.82 Å². The highest BCUT2D eigenvalue weighted by Crippen LogP contribution is 2.33. The van der Waals surface area contributed by atoms with Gasteiger partial charge in [0.1, 0.15) is 12.0 Å². The third-order valence-corrected chi connectivity index (χ3v) is 11.0. The number of rotatable bonds is 10. The van der Waals surface area contributed by atoms with E-state index < -0.39 is 18.1 Å². The van der Waals surface area contributed by atoms with E-state index >= 15 is 0 Å². The quantitative estimate of drug-likeness (QED) is 0.297. The predicted molar refractivity (Wildman–Crippen MR) is 183 cm³/mol. The summed E-state index contributed by atoms with van der Waals surface area (Å²) < 4.78 is 5.83. The van der Waals surface area contributed by atoms with Gasteiger partial charge >= 0.3 is 0 Å².